The summed E-state index contributed by atoms with van der Waals surface area (Å²) in [7, 11) is 1.00. The van der Waals surface area contributed by atoms with Crippen LogP contribution in [0.5, 0.6) is 11.5 Å². The normalized spacial score (nSPS) is 10.8. The van der Waals surface area contributed by atoms with E-state index >= 15 is 0 Å². The molecule has 27 heavy (non-hydrogen) atoms. The van der Waals surface area contributed by atoms with E-state index in [-0.39, 0.29) is 53.5 Å². The zero-order chi connectivity index (χ0) is 19.4. The van der Waals surface area contributed by atoms with Gasteiger partial charge in [-0.1, -0.05) is 48.5 Å². The maximum atomic E-state index is 11.6. The molecule has 0 radical (unpaired) electrons. The van der Waals surface area contributed by atoms with Crippen molar-refractivity contribution in [3.63, 3.8) is 0 Å². The van der Waals surface area contributed by atoms with E-state index < -0.39 is 0 Å². The van der Waals surface area contributed by atoms with Crippen LogP contribution in [-0.4, -0.2) is 24.6 Å². The Balaban J connectivity index is 0.00000218. The average molecular weight is 412 g/mol. The molecule has 0 unspecified atom stereocenters. The number of para-hydroxylation sites is 2. The summed E-state index contributed by atoms with van der Waals surface area (Å²) in [4.78, 5) is 7.72. The SMILES string of the molecule is CO.N#C/C(N=Cc1ccccc1[O-])=C(\C#N)N=Cc1ccccc1[O-].[Zn+2]. The Morgan fingerprint density at radius 3 is 1.44 bits per heavy atom. The summed E-state index contributed by atoms with van der Waals surface area (Å²) in [6, 6.07) is 15.8. The van der Waals surface area contributed by atoms with Crippen molar-refractivity contribution in [1.29, 1.82) is 10.5 Å². The molecule has 0 aliphatic rings. The van der Waals surface area contributed by atoms with Crippen LogP contribution in [0.4, 0.5) is 0 Å². The number of aliphatic hydroxyl groups is 1. The second kappa shape index (κ2) is 13.0. The molecular weight excluding hydrogens is 398 g/mol. The van der Waals surface area contributed by atoms with Crippen molar-refractivity contribution in [2.75, 3.05) is 7.11 Å². The number of hydrogen-bond acceptors (Lipinski definition) is 7. The number of nitrogens with zero attached hydrogens (tertiary/aromatic N) is 4. The molecule has 2 aromatic rings. The van der Waals surface area contributed by atoms with Crippen LogP contribution in [0.15, 0.2) is 69.9 Å². The molecule has 7 nitrogen and oxygen atoms in total. The third-order valence-electron chi connectivity index (χ3n) is 2.94. The predicted molar refractivity (Wildman–Crippen MR) is 93.4 cm³/mol. The summed E-state index contributed by atoms with van der Waals surface area (Å²) in [6.45, 7) is 0. The monoisotopic (exact) mass is 410 g/mol. The van der Waals surface area contributed by atoms with Crippen LogP contribution in [0.2, 0.25) is 0 Å². The first-order valence-corrected chi connectivity index (χ1v) is 7.25. The van der Waals surface area contributed by atoms with Gasteiger partial charge in [0.25, 0.3) is 0 Å². The van der Waals surface area contributed by atoms with E-state index in [9.17, 15) is 10.2 Å². The van der Waals surface area contributed by atoms with Gasteiger partial charge >= 0.3 is 19.5 Å². The second-order valence-electron chi connectivity index (χ2n) is 4.51. The first-order chi connectivity index (χ1) is 12.7. The fourth-order valence-corrected chi connectivity index (χ4v) is 1.73. The van der Waals surface area contributed by atoms with Gasteiger partial charge in [0, 0.05) is 19.5 Å². The topological polar surface area (TPSA) is 139 Å². The minimum absolute atomic E-state index is 0. The van der Waals surface area contributed by atoms with Gasteiger partial charge in [-0.15, -0.1) is 11.5 Å². The van der Waals surface area contributed by atoms with Crippen molar-refractivity contribution >= 4 is 12.4 Å². The zero-order valence-corrected chi connectivity index (χ0v) is 17.5. The number of benzene rings is 2. The van der Waals surface area contributed by atoms with Crippen LogP contribution in [0.3, 0.4) is 0 Å². The molecule has 0 saturated carbocycles. The van der Waals surface area contributed by atoms with Gasteiger partial charge < -0.3 is 15.3 Å². The Morgan fingerprint density at radius 2 is 1.15 bits per heavy atom. The predicted octanol–water partition coefficient (Wildman–Crippen LogP) is 1.24. The van der Waals surface area contributed by atoms with Gasteiger partial charge in [-0.3, -0.25) is 0 Å². The van der Waals surface area contributed by atoms with E-state index in [1.807, 2.05) is 0 Å². The summed E-state index contributed by atoms with van der Waals surface area (Å²) in [6.07, 6.45) is 2.41. The standard InChI is InChI=1S/C18H12N4O2.CH4O.Zn/c19-9-15(21-11-13-5-1-3-7-17(13)23)16(10-20)22-12-14-6-2-4-8-18(14)24;1-2;/h1-8,11-12,23-24H;2H,1H3;/q;;+2/p-2/b16-15-,21-11?,22-12?;;. The Hall–Kier alpha value is -3.32. The molecule has 0 aliphatic heterocycles. The van der Waals surface area contributed by atoms with Crippen molar-refractivity contribution in [3.05, 3.63) is 71.1 Å². The summed E-state index contributed by atoms with van der Waals surface area (Å²) in [5.74, 6) is -0.498. The van der Waals surface area contributed by atoms with Gasteiger partial charge in [0.05, 0.1) is 0 Å². The van der Waals surface area contributed by atoms with E-state index in [1.54, 1.807) is 48.5 Å². The van der Waals surface area contributed by atoms with Gasteiger partial charge in [0.1, 0.15) is 12.1 Å². The molecule has 2 aromatic carbocycles. The first kappa shape index (κ1) is 23.7. The summed E-state index contributed by atoms with van der Waals surface area (Å²) in [5, 5.41) is 48.5. The fourth-order valence-electron chi connectivity index (χ4n) is 1.73. The van der Waals surface area contributed by atoms with E-state index in [4.69, 9.17) is 15.6 Å². The number of allylic oxidation sites excluding steroid dienone is 2. The maximum Gasteiger partial charge on any atom is 2.00 e. The van der Waals surface area contributed by atoms with Crippen molar-refractivity contribution in [2.24, 2.45) is 9.98 Å². The van der Waals surface area contributed by atoms with Crippen LogP contribution >= 0.6 is 0 Å². The van der Waals surface area contributed by atoms with Gasteiger partial charge in [0.15, 0.2) is 11.4 Å². The quantitative estimate of drug-likeness (QED) is 0.458. The minimum atomic E-state index is -0.250. The van der Waals surface area contributed by atoms with Crippen molar-refractivity contribution in [3.8, 4) is 23.6 Å². The van der Waals surface area contributed by atoms with E-state index in [0.717, 1.165) is 7.11 Å². The van der Waals surface area contributed by atoms with Crippen LogP contribution in [0, 0.1) is 22.7 Å². The third kappa shape index (κ3) is 7.21. The third-order valence-corrected chi connectivity index (χ3v) is 2.94. The molecule has 130 valence electrons. The molecule has 8 heteroatoms. The molecule has 0 atom stereocenters. The Kier molecular flexibility index (Phi) is 11.4. The molecule has 2 rings (SSSR count). The van der Waals surface area contributed by atoms with E-state index in [2.05, 4.69) is 9.98 Å². The van der Waals surface area contributed by atoms with Gasteiger partial charge in [-0.05, 0) is 11.1 Å². The van der Waals surface area contributed by atoms with Gasteiger partial charge in [-0.2, -0.15) is 10.5 Å². The van der Waals surface area contributed by atoms with Crippen molar-refractivity contribution < 1.29 is 34.8 Å². The molecule has 0 aliphatic carbocycles. The number of hydrogen-bond donors (Lipinski definition) is 1. The fraction of sp³-hybridized carbons (Fsp3) is 0.0526. The molecule has 0 aromatic heterocycles. The molecule has 1 N–H and O–H groups in total. The van der Waals surface area contributed by atoms with Crippen LogP contribution < -0.4 is 10.2 Å². The molecular formula is C19H14N4O3Zn. The smallest absolute Gasteiger partial charge is 0.872 e. The maximum absolute atomic E-state index is 11.6. The van der Waals surface area contributed by atoms with Crippen LogP contribution in [-0.2, 0) is 19.5 Å². The Labute approximate surface area is 169 Å². The van der Waals surface area contributed by atoms with Crippen molar-refractivity contribution in [2.45, 2.75) is 0 Å². The molecule has 0 fully saturated rings. The van der Waals surface area contributed by atoms with Crippen LogP contribution in [0.1, 0.15) is 11.1 Å². The number of nitriles is 2. The first-order valence-electron chi connectivity index (χ1n) is 7.25. The number of aliphatic imine (C=N–C) groups is 2. The molecule has 0 amide bonds. The van der Waals surface area contributed by atoms with Crippen molar-refractivity contribution in [1.82, 2.24) is 0 Å². The number of rotatable bonds is 4. The summed E-state index contributed by atoms with van der Waals surface area (Å²) < 4.78 is 0. The van der Waals surface area contributed by atoms with Crippen LogP contribution in [0.25, 0.3) is 0 Å². The number of aliphatic hydroxyl groups excluding tert-OH is 1. The van der Waals surface area contributed by atoms with E-state index in [0.29, 0.717) is 0 Å². The van der Waals surface area contributed by atoms with Gasteiger partial charge in [-0.25, -0.2) is 9.98 Å². The van der Waals surface area contributed by atoms with E-state index in [1.165, 1.54) is 24.6 Å². The largest absolute Gasteiger partial charge is 2.00 e. The molecule has 0 bridgehead atoms. The Morgan fingerprint density at radius 1 is 0.815 bits per heavy atom. The summed E-state index contributed by atoms with van der Waals surface area (Å²) >= 11 is 0. The molecule has 0 spiro atoms. The summed E-state index contributed by atoms with van der Waals surface area (Å²) in [5.41, 5.74) is 0.0774. The second-order valence-corrected chi connectivity index (χ2v) is 4.51. The average Bonchev–Trinajstić information content (AvgIpc) is 2.68. The minimum Gasteiger partial charge on any atom is -0.872 e. The Bertz CT molecular complexity index is 850. The molecule has 0 saturated heterocycles. The van der Waals surface area contributed by atoms with Gasteiger partial charge in [0.2, 0.25) is 0 Å². The molecule has 0 heterocycles. The zero-order valence-electron chi connectivity index (χ0n) is 14.5.